The van der Waals surface area contributed by atoms with Crippen LogP contribution in [0.15, 0.2) is 10.9 Å². The number of aliphatic carboxylic acids is 1. The minimum Gasteiger partial charge on any atom is -0.481 e. The van der Waals surface area contributed by atoms with Crippen molar-refractivity contribution >= 4 is 22.9 Å². The molecule has 2 aromatic rings. The van der Waals surface area contributed by atoms with Crippen LogP contribution in [-0.4, -0.2) is 39.8 Å². The van der Waals surface area contributed by atoms with Gasteiger partial charge in [0.15, 0.2) is 0 Å². The molecule has 7 nitrogen and oxygen atoms in total. The van der Waals surface area contributed by atoms with E-state index in [-0.39, 0.29) is 0 Å². The van der Waals surface area contributed by atoms with Crippen molar-refractivity contribution < 1.29 is 14.4 Å². The molecule has 0 aliphatic rings. The number of rotatable bonds is 4. The average Bonchev–Trinajstić information content (AvgIpc) is 2.71. The second kappa shape index (κ2) is 4.59. The number of carboxylic acid groups (broad SMARTS) is 1. The lowest BCUT2D eigenvalue weighted by molar-refractivity contribution is -0.140. The highest BCUT2D eigenvalue weighted by Crippen LogP contribution is 2.25. The highest BCUT2D eigenvalue weighted by molar-refractivity contribution is 5.87. The lowest BCUT2D eigenvalue weighted by Gasteiger charge is -2.20. The van der Waals surface area contributed by atoms with E-state index in [4.69, 9.17) is 9.63 Å². The summed E-state index contributed by atoms with van der Waals surface area (Å²) >= 11 is 0. The number of fused-ring (bicyclic) bond motifs is 1. The monoisotopic (exact) mass is 250 g/mol. The molecule has 7 heteroatoms. The predicted molar refractivity (Wildman–Crippen MR) is 64.4 cm³/mol. The fourth-order valence-electron chi connectivity index (χ4n) is 1.77. The summed E-state index contributed by atoms with van der Waals surface area (Å²) in [5.41, 5.74) is 1.10. The first-order valence-corrected chi connectivity index (χ1v) is 5.51. The Labute approximate surface area is 103 Å². The molecule has 0 saturated carbocycles. The van der Waals surface area contributed by atoms with Crippen molar-refractivity contribution in [2.24, 2.45) is 5.92 Å². The summed E-state index contributed by atoms with van der Waals surface area (Å²) in [5, 5.41) is 13.5. The van der Waals surface area contributed by atoms with Crippen LogP contribution in [0.25, 0.3) is 11.1 Å². The molecule has 0 bridgehead atoms. The first kappa shape index (κ1) is 12.3. The number of hydrogen-bond acceptors (Lipinski definition) is 6. The topological polar surface area (TPSA) is 92.4 Å². The van der Waals surface area contributed by atoms with E-state index >= 15 is 0 Å². The summed E-state index contributed by atoms with van der Waals surface area (Å²) in [4.78, 5) is 20.8. The molecule has 0 aliphatic heterocycles. The summed E-state index contributed by atoms with van der Waals surface area (Å²) < 4.78 is 5.05. The molecule has 2 heterocycles. The fourth-order valence-corrected chi connectivity index (χ4v) is 1.77. The van der Waals surface area contributed by atoms with Crippen molar-refractivity contribution in [2.75, 3.05) is 18.5 Å². The Morgan fingerprint density at radius 1 is 1.56 bits per heavy atom. The maximum atomic E-state index is 10.9. The molecule has 1 unspecified atom stereocenters. The number of carbonyl (C=O) groups is 1. The van der Waals surface area contributed by atoms with Gasteiger partial charge in [0.25, 0.3) is 5.71 Å². The SMILES string of the molecule is Cc1noc2ncnc(N(C)CC(C)C(=O)O)c12. The average molecular weight is 250 g/mol. The first-order valence-electron chi connectivity index (χ1n) is 5.51. The molecule has 0 radical (unpaired) electrons. The second-order valence-corrected chi connectivity index (χ2v) is 4.27. The Balaban J connectivity index is 2.35. The normalized spacial score (nSPS) is 12.6. The summed E-state index contributed by atoms with van der Waals surface area (Å²) in [6.07, 6.45) is 1.38. The van der Waals surface area contributed by atoms with Crippen molar-refractivity contribution in [3.63, 3.8) is 0 Å². The van der Waals surface area contributed by atoms with Gasteiger partial charge in [-0.3, -0.25) is 4.79 Å². The number of aromatic nitrogens is 3. The van der Waals surface area contributed by atoms with Crippen LogP contribution in [0.4, 0.5) is 5.82 Å². The van der Waals surface area contributed by atoms with Gasteiger partial charge in [-0.2, -0.15) is 4.98 Å². The van der Waals surface area contributed by atoms with Gasteiger partial charge in [-0.15, -0.1) is 0 Å². The molecule has 0 aliphatic carbocycles. The Hall–Kier alpha value is -2.18. The molecule has 0 saturated heterocycles. The molecule has 1 N–H and O–H groups in total. The van der Waals surface area contributed by atoms with E-state index in [1.54, 1.807) is 25.8 Å². The van der Waals surface area contributed by atoms with Crippen molar-refractivity contribution in [1.29, 1.82) is 0 Å². The van der Waals surface area contributed by atoms with Crippen molar-refractivity contribution in [2.45, 2.75) is 13.8 Å². The van der Waals surface area contributed by atoms with Crippen LogP contribution in [0, 0.1) is 12.8 Å². The summed E-state index contributed by atoms with van der Waals surface area (Å²) in [6.45, 7) is 3.80. The third kappa shape index (κ3) is 2.11. The van der Waals surface area contributed by atoms with E-state index in [0.717, 1.165) is 5.39 Å². The lowest BCUT2D eigenvalue weighted by Crippen LogP contribution is -2.29. The maximum Gasteiger partial charge on any atom is 0.308 e. The van der Waals surface area contributed by atoms with E-state index in [1.165, 1.54) is 6.33 Å². The van der Waals surface area contributed by atoms with Crippen molar-refractivity contribution in [3.05, 3.63) is 12.0 Å². The van der Waals surface area contributed by atoms with Gasteiger partial charge in [0.05, 0.1) is 11.6 Å². The van der Waals surface area contributed by atoms with Gasteiger partial charge in [-0.1, -0.05) is 12.1 Å². The van der Waals surface area contributed by atoms with Gasteiger partial charge in [-0.05, 0) is 6.92 Å². The molecule has 0 amide bonds. The van der Waals surface area contributed by atoms with Crippen LogP contribution in [0.1, 0.15) is 12.6 Å². The molecule has 96 valence electrons. The molecule has 0 fully saturated rings. The van der Waals surface area contributed by atoms with Gasteiger partial charge in [0, 0.05) is 13.6 Å². The highest BCUT2D eigenvalue weighted by atomic mass is 16.5. The van der Waals surface area contributed by atoms with Gasteiger partial charge < -0.3 is 14.5 Å². The Bertz CT molecular complexity index is 581. The van der Waals surface area contributed by atoms with Crippen LogP contribution >= 0.6 is 0 Å². The van der Waals surface area contributed by atoms with E-state index in [9.17, 15) is 4.79 Å². The minimum atomic E-state index is -0.839. The molecule has 0 spiro atoms. The zero-order chi connectivity index (χ0) is 13.3. The molecular formula is C11H14N4O3. The van der Waals surface area contributed by atoms with Crippen molar-refractivity contribution in [3.8, 4) is 0 Å². The Kier molecular flexibility index (Phi) is 3.14. The largest absolute Gasteiger partial charge is 0.481 e. The quantitative estimate of drug-likeness (QED) is 0.867. The zero-order valence-corrected chi connectivity index (χ0v) is 10.4. The second-order valence-electron chi connectivity index (χ2n) is 4.27. The van der Waals surface area contributed by atoms with Crippen LogP contribution in [0.3, 0.4) is 0 Å². The molecule has 2 rings (SSSR count). The first-order chi connectivity index (χ1) is 8.50. The van der Waals surface area contributed by atoms with E-state index in [0.29, 0.717) is 23.8 Å². The Morgan fingerprint density at radius 2 is 2.28 bits per heavy atom. The van der Waals surface area contributed by atoms with E-state index in [2.05, 4.69) is 15.1 Å². The highest BCUT2D eigenvalue weighted by Gasteiger charge is 2.19. The Morgan fingerprint density at radius 3 is 2.94 bits per heavy atom. The third-order valence-electron chi connectivity index (χ3n) is 2.75. The number of anilines is 1. The van der Waals surface area contributed by atoms with Crippen LogP contribution < -0.4 is 4.90 Å². The van der Waals surface area contributed by atoms with E-state index in [1.807, 2.05) is 0 Å². The van der Waals surface area contributed by atoms with E-state index < -0.39 is 11.9 Å². The molecule has 0 aromatic carbocycles. The minimum absolute atomic E-state index is 0.353. The lowest BCUT2D eigenvalue weighted by atomic mass is 10.1. The molecular weight excluding hydrogens is 236 g/mol. The van der Waals surface area contributed by atoms with Gasteiger partial charge >= 0.3 is 5.97 Å². The van der Waals surface area contributed by atoms with Crippen LogP contribution in [0.2, 0.25) is 0 Å². The third-order valence-corrected chi connectivity index (χ3v) is 2.75. The van der Waals surface area contributed by atoms with Crippen LogP contribution in [0.5, 0.6) is 0 Å². The van der Waals surface area contributed by atoms with Crippen LogP contribution in [-0.2, 0) is 4.79 Å². The van der Waals surface area contributed by atoms with Gasteiger partial charge in [0.2, 0.25) is 0 Å². The number of carboxylic acids is 1. The van der Waals surface area contributed by atoms with Crippen molar-refractivity contribution in [1.82, 2.24) is 15.1 Å². The number of hydrogen-bond donors (Lipinski definition) is 1. The van der Waals surface area contributed by atoms with Gasteiger partial charge in [-0.25, -0.2) is 4.98 Å². The predicted octanol–water partition coefficient (Wildman–Crippen LogP) is 1.08. The number of nitrogens with zero attached hydrogens (tertiary/aromatic N) is 4. The van der Waals surface area contributed by atoms with Gasteiger partial charge in [0.1, 0.15) is 17.5 Å². The molecule has 1 atom stereocenters. The summed E-state index contributed by atoms with van der Waals surface area (Å²) in [6, 6.07) is 0. The summed E-state index contributed by atoms with van der Waals surface area (Å²) in [5.74, 6) is -0.693. The zero-order valence-electron chi connectivity index (χ0n) is 10.4. The number of aryl methyl sites for hydroxylation is 1. The molecule has 2 aromatic heterocycles. The maximum absolute atomic E-state index is 10.9. The fraction of sp³-hybridized carbons (Fsp3) is 0.455. The smallest absolute Gasteiger partial charge is 0.308 e. The molecule has 18 heavy (non-hydrogen) atoms. The standard InChI is InChI=1S/C11H14N4O3/c1-6(11(16)17)4-15(3)9-8-7(2)14-18-10(8)13-5-12-9/h5-6H,4H2,1-3H3,(H,16,17). The summed E-state index contributed by atoms with van der Waals surface area (Å²) in [7, 11) is 1.79.